The van der Waals surface area contributed by atoms with Crippen LogP contribution in [0.15, 0.2) is 42.5 Å². The number of benzene rings is 2. The number of amides is 2. The maximum atomic E-state index is 13.2. The lowest BCUT2D eigenvalue weighted by Gasteiger charge is -2.31. The molecule has 0 aromatic heterocycles. The molecule has 156 valence electrons. The van der Waals surface area contributed by atoms with Crippen LogP contribution in [0.5, 0.6) is 0 Å². The predicted molar refractivity (Wildman–Crippen MR) is 120 cm³/mol. The van der Waals surface area contributed by atoms with Gasteiger partial charge in [0.05, 0.1) is 6.42 Å². The molecule has 7 heteroatoms. The standard InChI is InChI=1S/C22H25Cl3N2O2/c1-14(21(29)26-22(2,3)4)27(13-15-7-5-8-16(23)11-15)20(28)12-17-18(24)9-6-10-19(17)25/h5-11,14H,12-13H2,1-4H3,(H,26,29). The molecule has 2 aromatic carbocycles. The number of hydrogen-bond acceptors (Lipinski definition) is 2. The maximum Gasteiger partial charge on any atom is 0.242 e. The molecule has 0 saturated heterocycles. The number of nitrogens with zero attached hydrogens (tertiary/aromatic N) is 1. The summed E-state index contributed by atoms with van der Waals surface area (Å²) >= 11 is 18.6. The zero-order valence-corrected chi connectivity index (χ0v) is 19.2. The lowest BCUT2D eigenvalue weighted by molar-refractivity contribution is -0.140. The molecule has 1 atom stereocenters. The Labute approximate surface area is 187 Å². The molecule has 0 aliphatic heterocycles. The van der Waals surface area contributed by atoms with Crippen LogP contribution in [0.25, 0.3) is 0 Å². The third-order valence-electron chi connectivity index (χ3n) is 4.30. The van der Waals surface area contributed by atoms with Gasteiger partial charge in [0.2, 0.25) is 11.8 Å². The molecule has 2 aromatic rings. The van der Waals surface area contributed by atoms with Crippen molar-refractivity contribution < 1.29 is 9.59 Å². The van der Waals surface area contributed by atoms with Gasteiger partial charge >= 0.3 is 0 Å². The average Bonchev–Trinajstić information content (AvgIpc) is 2.61. The summed E-state index contributed by atoms with van der Waals surface area (Å²) in [5, 5.41) is 4.33. The molecule has 29 heavy (non-hydrogen) atoms. The number of hydrogen-bond donors (Lipinski definition) is 1. The molecule has 0 radical (unpaired) electrons. The van der Waals surface area contributed by atoms with Crippen LogP contribution in [0, 0.1) is 0 Å². The van der Waals surface area contributed by atoms with Gasteiger partial charge in [0.15, 0.2) is 0 Å². The highest BCUT2D eigenvalue weighted by Crippen LogP contribution is 2.26. The Bertz CT molecular complexity index is 874. The van der Waals surface area contributed by atoms with Crippen molar-refractivity contribution in [3.05, 3.63) is 68.7 Å². The summed E-state index contributed by atoms with van der Waals surface area (Å²) in [4.78, 5) is 27.5. The minimum atomic E-state index is -0.693. The molecule has 0 spiro atoms. The summed E-state index contributed by atoms with van der Waals surface area (Å²) in [7, 11) is 0. The smallest absolute Gasteiger partial charge is 0.242 e. The maximum absolute atomic E-state index is 13.2. The molecule has 2 rings (SSSR count). The van der Waals surface area contributed by atoms with Gasteiger partial charge in [-0.25, -0.2) is 0 Å². The van der Waals surface area contributed by atoms with E-state index < -0.39 is 11.6 Å². The van der Waals surface area contributed by atoms with Gasteiger partial charge in [-0.05, 0) is 63.1 Å². The monoisotopic (exact) mass is 454 g/mol. The minimum absolute atomic E-state index is 0.00773. The van der Waals surface area contributed by atoms with Crippen molar-refractivity contribution >= 4 is 46.6 Å². The van der Waals surface area contributed by atoms with E-state index in [0.717, 1.165) is 5.56 Å². The number of halogens is 3. The number of rotatable bonds is 6. The summed E-state index contributed by atoms with van der Waals surface area (Å²) in [6, 6.07) is 11.6. The van der Waals surface area contributed by atoms with Crippen LogP contribution < -0.4 is 5.32 Å². The zero-order chi connectivity index (χ0) is 21.8. The summed E-state index contributed by atoms with van der Waals surface area (Å²) < 4.78 is 0. The summed E-state index contributed by atoms with van der Waals surface area (Å²) in [5.74, 6) is -0.491. The Balaban J connectivity index is 2.32. The fourth-order valence-electron chi connectivity index (χ4n) is 2.84. The second-order valence-corrected chi connectivity index (χ2v) is 9.19. The van der Waals surface area contributed by atoms with E-state index in [2.05, 4.69) is 5.32 Å². The first-order chi connectivity index (χ1) is 13.5. The van der Waals surface area contributed by atoms with Crippen molar-refractivity contribution in [3.8, 4) is 0 Å². The first-order valence-electron chi connectivity index (χ1n) is 9.27. The van der Waals surface area contributed by atoms with E-state index in [4.69, 9.17) is 34.8 Å². The third-order valence-corrected chi connectivity index (χ3v) is 5.24. The molecular formula is C22H25Cl3N2O2. The molecule has 0 aliphatic rings. The Morgan fingerprint density at radius 2 is 1.62 bits per heavy atom. The fraction of sp³-hybridized carbons (Fsp3) is 0.364. The van der Waals surface area contributed by atoms with Crippen LogP contribution >= 0.6 is 34.8 Å². The van der Waals surface area contributed by atoms with Gasteiger partial charge in [0, 0.05) is 27.2 Å². The van der Waals surface area contributed by atoms with Crippen molar-refractivity contribution in [1.29, 1.82) is 0 Å². The Kier molecular flexibility index (Phi) is 7.98. The molecule has 0 aliphatic carbocycles. The van der Waals surface area contributed by atoms with Gasteiger partial charge in [-0.2, -0.15) is 0 Å². The highest BCUT2D eigenvalue weighted by atomic mass is 35.5. The molecule has 4 nitrogen and oxygen atoms in total. The van der Waals surface area contributed by atoms with Crippen LogP contribution in [0.1, 0.15) is 38.8 Å². The van der Waals surface area contributed by atoms with E-state index in [9.17, 15) is 9.59 Å². The van der Waals surface area contributed by atoms with Crippen molar-refractivity contribution in [1.82, 2.24) is 10.2 Å². The normalized spacial score (nSPS) is 12.4. The molecule has 0 saturated carbocycles. The van der Waals surface area contributed by atoms with Crippen molar-refractivity contribution in [2.24, 2.45) is 0 Å². The first-order valence-corrected chi connectivity index (χ1v) is 10.4. The highest BCUT2D eigenvalue weighted by Gasteiger charge is 2.29. The SMILES string of the molecule is CC(C(=O)NC(C)(C)C)N(Cc1cccc(Cl)c1)C(=O)Cc1c(Cl)cccc1Cl. The van der Waals surface area contributed by atoms with E-state index in [1.54, 1.807) is 37.3 Å². The van der Waals surface area contributed by atoms with E-state index in [0.29, 0.717) is 20.6 Å². The first kappa shape index (κ1) is 23.5. The molecule has 1 unspecified atom stereocenters. The summed E-state index contributed by atoms with van der Waals surface area (Å²) in [5.41, 5.74) is 0.953. The van der Waals surface area contributed by atoms with E-state index in [-0.39, 0.29) is 24.8 Å². The van der Waals surface area contributed by atoms with Gasteiger partial charge in [0.25, 0.3) is 0 Å². The predicted octanol–water partition coefficient (Wildman–Crippen LogP) is 5.52. The minimum Gasteiger partial charge on any atom is -0.350 e. The van der Waals surface area contributed by atoms with Crippen molar-refractivity contribution in [3.63, 3.8) is 0 Å². The molecular weight excluding hydrogens is 431 g/mol. The number of carbonyl (C=O) groups is 2. The average molecular weight is 456 g/mol. The fourth-order valence-corrected chi connectivity index (χ4v) is 3.59. The van der Waals surface area contributed by atoms with Crippen molar-refractivity contribution in [2.45, 2.75) is 52.2 Å². The second-order valence-electron chi connectivity index (χ2n) is 7.94. The van der Waals surface area contributed by atoms with Gasteiger partial charge < -0.3 is 10.2 Å². The summed E-state index contributed by atoms with van der Waals surface area (Å²) in [6.07, 6.45) is -0.00773. The third kappa shape index (κ3) is 6.91. The lowest BCUT2D eigenvalue weighted by atomic mass is 10.1. The van der Waals surface area contributed by atoms with Crippen LogP contribution in [0.4, 0.5) is 0 Å². The van der Waals surface area contributed by atoms with Gasteiger partial charge in [-0.15, -0.1) is 0 Å². The van der Waals surface area contributed by atoms with Crippen LogP contribution in [0.3, 0.4) is 0 Å². The highest BCUT2D eigenvalue weighted by molar-refractivity contribution is 6.36. The van der Waals surface area contributed by atoms with Crippen LogP contribution in [-0.4, -0.2) is 28.3 Å². The van der Waals surface area contributed by atoms with Gasteiger partial charge in [-0.1, -0.05) is 53.0 Å². The largest absolute Gasteiger partial charge is 0.350 e. The molecule has 0 fully saturated rings. The van der Waals surface area contributed by atoms with Crippen LogP contribution in [-0.2, 0) is 22.6 Å². The lowest BCUT2D eigenvalue weighted by Crippen LogP contribution is -2.52. The Morgan fingerprint density at radius 3 is 2.17 bits per heavy atom. The van der Waals surface area contributed by atoms with E-state index >= 15 is 0 Å². The van der Waals surface area contributed by atoms with Crippen LogP contribution in [0.2, 0.25) is 15.1 Å². The summed E-state index contributed by atoms with van der Waals surface area (Å²) in [6.45, 7) is 7.62. The topological polar surface area (TPSA) is 49.4 Å². The van der Waals surface area contributed by atoms with Gasteiger partial charge in [-0.3, -0.25) is 9.59 Å². The van der Waals surface area contributed by atoms with E-state index in [1.165, 1.54) is 4.90 Å². The molecule has 0 bridgehead atoms. The number of carbonyl (C=O) groups excluding carboxylic acids is 2. The van der Waals surface area contributed by atoms with Gasteiger partial charge in [0.1, 0.15) is 6.04 Å². The quantitative estimate of drug-likeness (QED) is 0.623. The second kappa shape index (κ2) is 9.84. The zero-order valence-electron chi connectivity index (χ0n) is 16.9. The molecule has 1 N–H and O–H groups in total. The molecule has 2 amide bonds. The number of nitrogens with one attached hydrogen (secondary N) is 1. The Morgan fingerprint density at radius 1 is 1.03 bits per heavy atom. The Hall–Kier alpha value is -1.75. The van der Waals surface area contributed by atoms with Crippen molar-refractivity contribution in [2.75, 3.05) is 0 Å². The van der Waals surface area contributed by atoms with E-state index in [1.807, 2.05) is 32.9 Å². The molecule has 0 heterocycles.